The van der Waals surface area contributed by atoms with Crippen molar-refractivity contribution in [1.82, 2.24) is 10.6 Å². The summed E-state index contributed by atoms with van der Waals surface area (Å²) in [6, 6.07) is 18.8. The second kappa shape index (κ2) is 7.64. The van der Waals surface area contributed by atoms with Gasteiger partial charge in [-0.25, -0.2) is 4.79 Å². The fraction of sp³-hybridized carbons (Fsp3) is 0.263. The summed E-state index contributed by atoms with van der Waals surface area (Å²) in [6.45, 7) is 0.957. The van der Waals surface area contributed by atoms with E-state index < -0.39 is 6.04 Å². The van der Waals surface area contributed by atoms with Gasteiger partial charge in [-0.05, 0) is 30.5 Å². The van der Waals surface area contributed by atoms with Crippen LogP contribution in [0, 0.1) is 0 Å². The van der Waals surface area contributed by atoms with Gasteiger partial charge in [-0.15, -0.1) is 0 Å². The zero-order chi connectivity index (χ0) is 16.8. The molecule has 0 radical (unpaired) electrons. The predicted molar refractivity (Wildman–Crippen MR) is 93.9 cm³/mol. The van der Waals surface area contributed by atoms with E-state index in [9.17, 15) is 9.59 Å². The van der Waals surface area contributed by atoms with Crippen LogP contribution in [-0.2, 0) is 11.2 Å². The lowest BCUT2D eigenvalue weighted by Gasteiger charge is -2.14. The van der Waals surface area contributed by atoms with Gasteiger partial charge in [-0.1, -0.05) is 48.5 Å². The number of benzene rings is 2. The molecular formula is C19H21N3O2. The van der Waals surface area contributed by atoms with E-state index in [2.05, 4.69) is 22.8 Å². The van der Waals surface area contributed by atoms with Crippen molar-refractivity contribution in [1.29, 1.82) is 0 Å². The van der Waals surface area contributed by atoms with Crippen LogP contribution in [0.25, 0.3) is 0 Å². The number of hydrogen-bond acceptors (Lipinski definition) is 2. The van der Waals surface area contributed by atoms with Gasteiger partial charge in [0.1, 0.15) is 6.04 Å². The highest BCUT2D eigenvalue weighted by molar-refractivity contribution is 6.00. The third-order valence-electron chi connectivity index (χ3n) is 4.08. The minimum atomic E-state index is -0.505. The average molecular weight is 323 g/mol. The molecule has 24 heavy (non-hydrogen) atoms. The van der Waals surface area contributed by atoms with Crippen molar-refractivity contribution < 1.29 is 9.59 Å². The monoisotopic (exact) mass is 323 g/mol. The van der Waals surface area contributed by atoms with Crippen LogP contribution in [0.4, 0.5) is 10.5 Å². The maximum Gasteiger partial charge on any atom is 0.322 e. The number of nitrogens with zero attached hydrogens (tertiary/aromatic N) is 1. The molecule has 5 nitrogen and oxygen atoms in total. The van der Waals surface area contributed by atoms with Crippen molar-refractivity contribution in [3.05, 3.63) is 66.2 Å². The van der Waals surface area contributed by atoms with Gasteiger partial charge in [-0.2, -0.15) is 0 Å². The van der Waals surface area contributed by atoms with Crippen molar-refractivity contribution in [2.75, 3.05) is 18.0 Å². The number of hydrogen-bond donors (Lipinski definition) is 2. The largest absolute Gasteiger partial charge is 0.354 e. The summed E-state index contributed by atoms with van der Waals surface area (Å²) < 4.78 is 0. The summed E-state index contributed by atoms with van der Waals surface area (Å²) in [5.74, 6) is -0.130. The molecule has 1 atom stereocenters. The number of urea groups is 1. The van der Waals surface area contributed by atoms with Gasteiger partial charge in [-0.3, -0.25) is 9.69 Å². The molecule has 1 aliphatic heterocycles. The lowest BCUT2D eigenvalue weighted by molar-refractivity contribution is -0.122. The van der Waals surface area contributed by atoms with E-state index in [0.717, 1.165) is 18.5 Å². The Labute approximate surface area is 141 Å². The molecular weight excluding hydrogens is 302 g/mol. The van der Waals surface area contributed by atoms with Crippen LogP contribution in [0.15, 0.2) is 60.7 Å². The first-order valence-corrected chi connectivity index (χ1v) is 8.19. The molecule has 3 amide bonds. The maximum absolute atomic E-state index is 12.2. The van der Waals surface area contributed by atoms with Gasteiger partial charge in [0.15, 0.2) is 0 Å². The van der Waals surface area contributed by atoms with Crippen LogP contribution >= 0.6 is 0 Å². The molecule has 0 saturated carbocycles. The molecule has 1 aliphatic rings. The lowest BCUT2D eigenvalue weighted by atomic mass is 10.1. The summed E-state index contributed by atoms with van der Waals surface area (Å²) in [4.78, 5) is 25.9. The Bertz CT molecular complexity index is 688. The van der Waals surface area contributed by atoms with Crippen LogP contribution in [0.3, 0.4) is 0 Å². The van der Waals surface area contributed by atoms with Crippen molar-refractivity contribution in [3.63, 3.8) is 0 Å². The fourth-order valence-corrected chi connectivity index (χ4v) is 2.79. The van der Waals surface area contributed by atoms with Crippen LogP contribution in [-0.4, -0.2) is 31.1 Å². The van der Waals surface area contributed by atoms with Gasteiger partial charge in [0.25, 0.3) is 0 Å². The molecule has 1 unspecified atom stereocenters. The summed E-state index contributed by atoms with van der Waals surface area (Å²) in [5, 5.41) is 5.64. The molecule has 1 saturated heterocycles. The SMILES string of the molecule is O=C(NCCCc1ccccc1)C1CN(c2ccccc2)C(=O)N1. The number of para-hydroxylation sites is 1. The number of aryl methyl sites for hydroxylation is 1. The highest BCUT2D eigenvalue weighted by atomic mass is 16.2. The molecule has 2 aromatic carbocycles. The molecule has 5 heteroatoms. The summed E-state index contributed by atoms with van der Waals surface area (Å²) >= 11 is 0. The van der Waals surface area contributed by atoms with E-state index in [0.29, 0.717) is 13.1 Å². The standard InChI is InChI=1S/C19H21N3O2/c23-18(20-13-7-10-15-8-3-1-4-9-15)17-14-22(19(24)21-17)16-11-5-2-6-12-16/h1-6,8-9,11-12,17H,7,10,13-14H2,(H,20,23)(H,21,24). The molecule has 0 aromatic heterocycles. The number of amides is 3. The minimum Gasteiger partial charge on any atom is -0.354 e. The Kier molecular flexibility index (Phi) is 5.11. The van der Waals surface area contributed by atoms with E-state index in [1.165, 1.54) is 5.56 Å². The topological polar surface area (TPSA) is 61.4 Å². The molecule has 0 spiro atoms. The smallest absolute Gasteiger partial charge is 0.322 e. The Balaban J connectivity index is 1.45. The van der Waals surface area contributed by atoms with Crippen molar-refractivity contribution in [2.24, 2.45) is 0 Å². The van der Waals surface area contributed by atoms with E-state index in [1.54, 1.807) is 4.90 Å². The summed E-state index contributed by atoms with van der Waals surface area (Å²) in [6.07, 6.45) is 1.80. The van der Waals surface area contributed by atoms with Crippen LogP contribution in [0.1, 0.15) is 12.0 Å². The van der Waals surface area contributed by atoms with Gasteiger partial charge < -0.3 is 10.6 Å². The van der Waals surface area contributed by atoms with Crippen molar-refractivity contribution in [2.45, 2.75) is 18.9 Å². The summed E-state index contributed by atoms with van der Waals surface area (Å²) in [5.41, 5.74) is 2.06. The highest BCUT2D eigenvalue weighted by Gasteiger charge is 2.33. The van der Waals surface area contributed by atoms with Crippen molar-refractivity contribution in [3.8, 4) is 0 Å². The zero-order valence-corrected chi connectivity index (χ0v) is 13.4. The molecule has 2 aromatic rings. The predicted octanol–water partition coefficient (Wildman–Crippen LogP) is 2.33. The first-order chi connectivity index (χ1) is 11.7. The quantitative estimate of drug-likeness (QED) is 0.802. The third-order valence-corrected chi connectivity index (χ3v) is 4.08. The number of rotatable bonds is 6. The molecule has 124 valence electrons. The second-order valence-corrected chi connectivity index (χ2v) is 5.83. The van der Waals surface area contributed by atoms with Crippen molar-refractivity contribution >= 4 is 17.6 Å². The van der Waals surface area contributed by atoms with Gasteiger partial charge >= 0.3 is 6.03 Å². The molecule has 0 aliphatic carbocycles. The second-order valence-electron chi connectivity index (χ2n) is 5.83. The van der Waals surface area contributed by atoms with Gasteiger partial charge in [0.05, 0.1) is 6.54 Å². The van der Waals surface area contributed by atoms with E-state index >= 15 is 0 Å². The summed E-state index contributed by atoms with van der Waals surface area (Å²) in [7, 11) is 0. The Morgan fingerprint density at radius 1 is 1.08 bits per heavy atom. The molecule has 1 fully saturated rings. The maximum atomic E-state index is 12.2. The minimum absolute atomic E-state index is 0.130. The van der Waals surface area contributed by atoms with E-state index in [-0.39, 0.29) is 11.9 Å². The zero-order valence-electron chi connectivity index (χ0n) is 13.4. The van der Waals surface area contributed by atoms with Crippen LogP contribution in [0.5, 0.6) is 0 Å². The fourth-order valence-electron chi connectivity index (χ4n) is 2.79. The first-order valence-electron chi connectivity index (χ1n) is 8.19. The van der Waals surface area contributed by atoms with E-state index in [1.807, 2.05) is 48.5 Å². The van der Waals surface area contributed by atoms with Crippen LogP contribution in [0.2, 0.25) is 0 Å². The molecule has 0 bridgehead atoms. The molecule has 2 N–H and O–H groups in total. The van der Waals surface area contributed by atoms with Crippen LogP contribution < -0.4 is 15.5 Å². The Hall–Kier alpha value is -2.82. The first kappa shape index (κ1) is 16.1. The number of carbonyl (C=O) groups excluding carboxylic acids is 2. The van der Waals surface area contributed by atoms with E-state index in [4.69, 9.17) is 0 Å². The number of carbonyl (C=O) groups is 2. The average Bonchev–Trinajstić information content (AvgIpc) is 3.02. The molecule has 1 heterocycles. The Morgan fingerprint density at radius 3 is 2.46 bits per heavy atom. The van der Waals surface area contributed by atoms with Gasteiger partial charge in [0, 0.05) is 12.2 Å². The normalized spacial score (nSPS) is 16.8. The lowest BCUT2D eigenvalue weighted by Crippen LogP contribution is -2.43. The third kappa shape index (κ3) is 3.93. The highest BCUT2D eigenvalue weighted by Crippen LogP contribution is 2.17. The molecule has 3 rings (SSSR count). The Morgan fingerprint density at radius 2 is 1.75 bits per heavy atom. The van der Waals surface area contributed by atoms with Gasteiger partial charge in [0.2, 0.25) is 5.91 Å². The number of anilines is 1. The number of nitrogens with one attached hydrogen (secondary N) is 2.